The summed E-state index contributed by atoms with van der Waals surface area (Å²) in [6.45, 7) is 5.61. The van der Waals surface area contributed by atoms with E-state index in [2.05, 4.69) is 27.3 Å². The number of hydrogen-bond acceptors (Lipinski definition) is 3. The molecule has 0 N–H and O–H groups in total. The molecule has 0 radical (unpaired) electrons. The SMILES string of the molecule is CCN1CCC(c2ncc3cccc(OC)n23)C1. The number of likely N-dealkylation sites (N-methyl/N-ethyl adjacent to an activating group) is 1. The lowest BCUT2D eigenvalue weighted by molar-refractivity contribution is 0.351. The largest absolute Gasteiger partial charge is 0.482 e. The Morgan fingerprint density at radius 2 is 2.33 bits per heavy atom. The molecule has 1 saturated heterocycles. The normalized spacial score (nSPS) is 20.7. The molecule has 4 heteroatoms. The van der Waals surface area contributed by atoms with Crippen LogP contribution in [0.4, 0.5) is 0 Å². The molecule has 3 heterocycles. The second kappa shape index (κ2) is 4.61. The Hall–Kier alpha value is -1.55. The van der Waals surface area contributed by atoms with Crippen LogP contribution in [0, 0.1) is 0 Å². The van der Waals surface area contributed by atoms with Gasteiger partial charge < -0.3 is 9.64 Å². The topological polar surface area (TPSA) is 29.8 Å². The number of rotatable bonds is 3. The van der Waals surface area contributed by atoms with Crippen molar-refractivity contribution in [1.29, 1.82) is 0 Å². The van der Waals surface area contributed by atoms with Gasteiger partial charge in [0.05, 0.1) is 18.8 Å². The molecule has 1 fully saturated rings. The van der Waals surface area contributed by atoms with E-state index in [1.807, 2.05) is 18.3 Å². The van der Waals surface area contributed by atoms with Crippen molar-refractivity contribution in [2.45, 2.75) is 19.3 Å². The quantitative estimate of drug-likeness (QED) is 0.830. The molecule has 2 aromatic rings. The van der Waals surface area contributed by atoms with E-state index in [4.69, 9.17) is 4.74 Å². The molecule has 96 valence electrons. The fraction of sp³-hybridized carbons (Fsp3) is 0.500. The summed E-state index contributed by atoms with van der Waals surface area (Å²) in [6.07, 6.45) is 3.12. The molecule has 0 aromatic carbocycles. The van der Waals surface area contributed by atoms with Crippen LogP contribution in [0.15, 0.2) is 24.4 Å². The van der Waals surface area contributed by atoms with Crippen molar-refractivity contribution in [3.05, 3.63) is 30.2 Å². The molecule has 0 bridgehead atoms. The maximum absolute atomic E-state index is 5.45. The highest BCUT2D eigenvalue weighted by Gasteiger charge is 2.26. The predicted molar refractivity (Wildman–Crippen MR) is 71.2 cm³/mol. The summed E-state index contributed by atoms with van der Waals surface area (Å²) < 4.78 is 7.59. The third-order valence-electron chi connectivity index (χ3n) is 3.84. The molecule has 1 aliphatic rings. The minimum absolute atomic E-state index is 0.517. The molecular formula is C14H19N3O. The van der Waals surface area contributed by atoms with Gasteiger partial charge in [-0.05, 0) is 31.6 Å². The molecule has 1 aliphatic heterocycles. The molecule has 0 saturated carbocycles. The fourth-order valence-corrected chi connectivity index (χ4v) is 2.82. The molecule has 2 aromatic heterocycles. The van der Waals surface area contributed by atoms with Gasteiger partial charge in [0, 0.05) is 12.5 Å². The molecule has 0 spiro atoms. The first-order chi connectivity index (χ1) is 8.83. The Kier molecular flexibility index (Phi) is 2.96. The minimum atomic E-state index is 0.517. The first-order valence-electron chi connectivity index (χ1n) is 6.56. The van der Waals surface area contributed by atoms with E-state index >= 15 is 0 Å². The van der Waals surface area contributed by atoms with Crippen molar-refractivity contribution in [3.8, 4) is 5.88 Å². The summed E-state index contributed by atoms with van der Waals surface area (Å²) in [4.78, 5) is 7.08. The van der Waals surface area contributed by atoms with Crippen molar-refractivity contribution in [3.63, 3.8) is 0 Å². The van der Waals surface area contributed by atoms with Crippen LogP contribution in [0.1, 0.15) is 25.1 Å². The summed E-state index contributed by atoms with van der Waals surface area (Å²) in [5.41, 5.74) is 1.11. The number of pyridine rings is 1. The maximum Gasteiger partial charge on any atom is 0.199 e. The summed E-state index contributed by atoms with van der Waals surface area (Å²) in [5, 5.41) is 0. The monoisotopic (exact) mass is 245 g/mol. The maximum atomic E-state index is 5.45. The summed E-state index contributed by atoms with van der Waals surface area (Å²) >= 11 is 0. The summed E-state index contributed by atoms with van der Waals surface area (Å²) in [5.74, 6) is 2.53. The molecule has 0 amide bonds. The highest BCUT2D eigenvalue weighted by molar-refractivity contribution is 5.49. The summed E-state index contributed by atoms with van der Waals surface area (Å²) in [6, 6.07) is 6.07. The van der Waals surface area contributed by atoms with E-state index in [9.17, 15) is 0 Å². The lowest BCUT2D eigenvalue weighted by atomic mass is 10.1. The average Bonchev–Trinajstić information content (AvgIpc) is 3.03. The number of fused-ring (bicyclic) bond motifs is 1. The van der Waals surface area contributed by atoms with Gasteiger partial charge in [0.25, 0.3) is 0 Å². The molecule has 3 rings (SSSR count). The van der Waals surface area contributed by atoms with Crippen LogP contribution in [-0.2, 0) is 0 Å². The van der Waals surface area contributed by atoms with E-state index in [0.717, 1.165) is 30.3 Å². The zero-order valence-electron chi connectivity index (χ0n) is 11.0. The molecular weight excluding hydrogens is 226 g/mol. The van der Waals surface area contributed by atoms with E-state index in [0.29, 0.717) is 5.92 Å². The van der Waals surface area contributed by atoms with Crippen LogP contribution in [0.3, 0.4) is 0 Å². The molecule has 1 unspecified atom stereocenters. The Labute approximate surface area is 107 Å². The van der Waals surface area contributed by atoms with Gasteiger partial charge in [0.15, 0.2) is 5.88 Å². The van der Waals surface area contributed by atoms with Gasteiger partial charge in [-0.3, -0.25) is 4.40 Å². The number of imidazole rings is 1. The standard InChI is InChI=1S/C14H19N3O/c1-3-16-8-7-11(10-16)14-15-9-12-5-4-6-13(18-2)17(12)14/h4-6,9,11H,3,7-8,10H2,1-2H3. The first-order valence-corrected chi connectivity index (χ1v) is 6.56. The third kappa shape index (κ3) is 1.77. The highest BCUT2D eigenvalue weighted by atomic mass is 16.5. The van der Waals surface area contributed by atoms with Crippen molar-refractivity contribution in [2.75, 3.05) is 26.7 Å². The Morgan fingerprint density at radius 3 is 3.06 bits per heavy atom. The number of hydrogen-bond donors (Lipinski definition) is 0. The Morgan fingerprint density at radius 1 is 1.44 bits per heavy atom. The van der Waals surface area contributed by atoms with E-state index in [1.54, 1.807) is 7.11 Å². The third-order valence-corrected chi connectivity index (χ3v) is 3.84. The zero-order chi connectivity index (χ0) is 12.5. The van der Waals surface area contributed by atoms with Gasteiger partial charge >= 0.3 is 0 Å². The number of methoxy groups -OCH3 is 1. The second-order valence-corrected chi connectivity index (χ2v) is 4.82. The molecule has 0 aliphatic carbocycles. The second-order valence-electron chi connectivity index (χ2n) is 4.82. The predicted octanol–water partition coefficient (Wildman–Crippen LogP) is 2.15. The lowest BCUT2D eigenvalue weighted by Gasteiger charge is -2.13. The molecule has 4 nitrogen and oxygen atoms in total. The number of aromatic nitrogens is 2. The van der Waals surface area contributed by atoms with Crippen LogP contribution < -0.4 is 4.74 Å². The van der Waals surface area contributed by atoms with Crippen molar-refractivity contribution >= 4 is 5.52 Å². The molecule has 18 heavy (non-hydrogen) atoms. The number of likely N-dealkylation sites (tertiary alicyclic amines) is 1. The van der Waals surface area contributed by atoms with Crippen molar-refractivity contribution in [1.82, 2.24) is 14.3 Å². The van der Waals surface area contributed by atoms with E-state index < -0.39 is 0 Å². The highest BCUT2D eigenvalue weighted by Crippen LogP contribution is 2.29. The zero-order valence-corrected chi connectivity index (χ0v) is 11.0. The number of nitrogens with zero attached hydrogens (tertiary/aromatic N) is 3. The molecule has 1 atom stereocenters. The van der Waals surface area contributed by atoms with Gasteiger partial charge in [-0.1, -0.05) is 13.0 Å². The Balaban J connectivity index is 2.02. The van der Waals surface area contributed by atoms with Crippen LogP contribution in [0.5, 0.6) is 5.88 Å². The van der Waals surface area contributed by atoms with E-state index in [-0.39, 0.29) is 0 Å². The van der Waals surface area contributed by atoms with Crippen LogP contribution in [0.2, 0.25) is 0 Å². The fourth-order valence-electron chi connectivity index (χ4n) is 2.82. The van der Waals surface area contributed by atoms with Crippen molar-refractivity contribution < 1.29 is 4.74 Å². The number of ether oxygens (including phenoxy) is 1. The van der Waals surface area contributed by atoms with Crippen LogP contribution in [0.25, 0.3) is 5.52 Å². The van der Waals surface area contributed by atoms with Gasteiger partial charge in [0.2, 0.25) is 0 Å². The van der Waals surface area contributed by atoms with Crippen LogP contribution in [-0.4, -0.2) is 41.0 Å². The van der Waals surface area contributed by atoms with Crippen LogP contribution >= 0.6 is 0 Å². The van der Waals surface area contributed by atoms with E-state index in [1.165, 1.54) is 13.0 Å². The smallest absolute Gasteiger partial charge is 0.199 e. The summed E-state index contributed by atoms with van der Waals surface area (Å²) in [7, 11) is 1.71. The Bertz CT molecular complexity index is 549. The lowest BCUT2D eigenvalue weighted by Crippen LogP contribution is -2.19. The van der Waals surface area contributed by atoms with Gasteiger partial charge in [0.1, 0.15) is 5.82 Å². The van der Waals surface area contributed by atoms with Gasteiger partial charge in [-0.25, -0.2) is 4.98 Å². The van der Waals surface area contributed by atoms with Gasteiger partial charge in [-0.2, -0.15) is 0 Å². The van der Waals surface area contributed by atoms with Gasteiger partial charge in [-0.15, -0.1) is 0 Å². The minimum Gasteiger partial charge on any atom is -0.482 e. The first kappa shape index (κ1) is 11.5. The average molecular weight is 245 g/mol. The van der Waals surface area contributed by atoms with Crippen molar-refractivity contribution in [2.24, 2.45) is 0 Å².